The molecule has 0 N–H and O–H groups in total. The van der Waals surface area contributed by atoms with Crippen molar-refractivity contribution >= 4 is 11.8 Å². The number of rotatable bonds is 5. The molecule has 4 nitrogen and oxygen atoms in total. The lowest BCUT2D eigenvalue weighted by molar-refractivity contribution is 0.442. The zero-order valence-electron chi connectivity index (χ0n) is 12.5. The van der Waals surface area contributed by atoms with E-state index in [4.69, 9.17) is 4.98 Å². The number of piperidine rings is 1. The van der Waals surface area contributed by atoms with Crippen LogP contribution in [-0.4, -0.2) is 36.6 Å². The number of hydrogen-bond donors (Lipinski definition) is 0. The summed E-state index contributed by atoms with van der Waals surface area (Å²) < 4.78 is 0. The van der Waals surface area contributed by atoms with Crippen LogP contribution in [0, 0.1) is 5.92 Å². The highest BCUT2D eigenvalue weighted by atomic mass is 15.3. The summed E-state index contributed by atoms with van der Waals surface area (Å²) >= 11 is 0. The van der Waals surface area contributed by atoms with Gasteiger partial charge in [0.2, 0.25) is 5.95 Å². The van der Waals surface area contributed by atoms with Gasteiger partial charge in [-0.25, -0.2) is 4.98 Å². The Morgan fingerprint density at radius 1 is 1.47 bits per heavy atom. The van der Waals surface area contributed by atoms with Gasteiger partial charge < -0.3 is 9.80 Å². The molecule has 1 aromatic rings. The van der Waals surface area contributed by atoms with Crippen LogP contribution >= 0.6 is 0 Å². The molecule has 4 heteroatoms. The lowest BCUT2D eigenvalue weighted by Gasteiger charge is -2.31. The molecule has 1 atom stereocenters. The standard InChI is InChI=1S/C15H26N4/c1-4-5-10-18(3)14-8-9-16-15(17-14)19-11-6-7-13(2)12-19/h8-9,13H,4-7,10-12H2,1-3H3. The molecule has 0 radical (unpaired) electrons. The Bertz CT molecular complexity index is 393. The molecule has 106 valence electrons. The summed E-state index contributed by atoms with van der Waals surface area (Å²) in [6, 6.07) is 2.01. The molecule has 2 rings (SSSR count). The second kappa shape index (κ2) is 6.73. The van der Waals surface area contributed by atoms with E-state index in [1.165, 1.54) is 25.7 Å². The summed E-state index contributed by atoms with van der Waals surface area (Å²) in [6.45, 7) is 7.76. The highest BCUT2D eigenvalue weighted by Crippen LogP contribution is 2.21. The van der Waals surface area contributed by atoms with Gasteiger partial charge in [-0.1, -0.05) is 20.3 Å². The Kier molecular flexibility index (Phi) is 5.00. The van der Waals surface area contributed by atoms with Crippen LogP contribution in [0.5, 0.6) is 0 Å². The number of anilines is 2. The van der Waals surface area contributed by atoms with Crippen molar-refractivity contribution in [3.63, 3.8) is 0 Å². The smallest absolute Gasteiger partial charge is 0.227 e. The maximum Gasteiger partial charge on any atom is 0.227 e. The van der Waals surface area contributed by atoms with Crippen LogP contribution in [0.2, 0.25) is 0 Å². The lowest BCUT2D eigenvalue weighted by Crippen LogP contribution is -2.35. The van der Waals surface area contributed by atoms with Crippen LogP contribution in [0.15, 0.2) is 12.3 Å². The maximum atomic E-state index is 4.72. The molecular weight excluding hydrogens is 236 g/mol. The first kappa shape index (κ1) is 14.1. The normalized spacial score (nSPS) is 19.5. The van der Waals surface area contributed by atoms with Crippen LogP contribution in [0.1, 0.15) is 39.5 Å². The monoisotopic (exact) mass is 262 g/mol. The van der Waals surface area contributed by atoms with Crippen molar-refractivity contribution in [3.05, 3.63) is 12.3 Å². The summed E-state index contributed by atoms with van der Waals surface area (Å²) in [5.41, 5.74) is 0. The zero-order chi connectivity index (χ0) is 13.7. The van der Waals surface area contributed by atoms with Crippen LogP contribution in [0.4, 0.5) is 11.8 Å². The Labute approximate surface area is 116 Å². The second-order valence-electron chi connectivity index (χ2n) is 5.68. The molecule has 0 bridgehead atoms. The molecule has 0 amide bonds. The molecular formula is C15H26N4. The first-order chi connectivity index (χ1) is 9.20. The van der Waals surface area contributed by atoms with E-state index < -0.39 is 0 Å². The van der Waals surface area contributed by atoms with Gasteiger partial charge in [-0.3, -0.25) is 0 Å². The van der Waals surface area contributed by atoms with Crippen molar-refractivity contribution in [1.82, 2.24) is 9.97 Å². The first-order valence-corrected chi connectivity index (χ1v) is 7.50. The number of nitrogens with zero attached hydrogens (tertiary/aromatic N) is 4. The number of hydrogen-bond acceptors (Lipinski definition) is 4. The van der Waals surface area contributed by atoms with Crippen molar-refractivity contribution in [3.8, 4) is 0 Å². The van der Waals surface area contributed by atoms with Crippen molar-refractivity contribution in [2.45, 2.75) is 39.5 Å². The predicted molar refractivity (Wildman–Crippen MR) is 80.8 cm³/mol. The topological polar surface area (TPSA) is 32.3 Å². The van der Waals surface area contributed by atoms with E-state index in [0.29, 0.717) is 0 Å². The average Bonchev–Trinajstić information content (AvgIpc) is 2.45. The van der Waals surface area contributed by atoms with Crippen molar-refractivity contribution in [1.29, 1.82) is 0 Å². The fraction of sp³-hybridized carbons (Fsp3) is 0.733. The van der Waals surface area contributed by atoms with Gasteiger partial charge in [0.1, 0.15) is 5.82 Å². The molecule has 0 aromatic carbocycles. The molecule has 0 aliphatic carbocycles. The second-order valence-corrected chi connectivity index (χ2v) is 5.68. The van der Waals surface area contributed by atoms with Gasteiger partial charge in [-0.15, -0.1) is 0 Å². The predicted octanol–water partition coefficient (Wildman–Crippen LogP) is 2.95. The Hall–Kier alpha value is -1.32. The molecule has 19 heavy (non-hydrogen) atoms. The van der Waals surface area contributed by atoms with Gasteiger partial charge >= 0.3 is 0 Å². The summed E-state index contributed by atoms with van der Waals surface area (Å²) in [4.78, 5) is 13.7. The summed E-state index contributed by atoms with van der Waals surface area (Å²) in [5.74, 6) is 2.68. The SMILES string of the molecule is CCCCN(C)c1ccnc(N2CCCC(C)C2)n1. The van der Waals surface area contributed by atoms with Crippen LogP contribution in [0.3, 0.4) is 0 Å². The third kappa shape index (κ3) is 3.82. The van der Waals surface area contributed by atoms with E-state index in [9.17, 15) is 0 Å². The molecule has 1 saturated heterocycles. The molecule has 1 fully saturated rings. The minimum atomic E-state index is 0.749. The fourth-order valence-corrected chi connectivity index (χ4v) is 2.59. The maximum absolute atomic E-state index is 4.72. The van der Waals surface area contributed by atoms with E-state index >= 15 is 0 Å². The van der Waals surface area contributed by atoms with Gasteiger partial charge in [0.25, 0.3) is 0 Å². The quantitative estimate of drug-likeness (QED) is 0.816. The van der Waals surface area contributed by atoms with Gasteiger partial charge in [-0.05, 0) is 31.2 Å². The summed E-state index contributed by atoms with van der Waals surface area (Å²) in [7, 11) is 2.11. The first-order valence-electron chi connectivity index (χ1n) is 7.50. The Morgan fingerprint density at radius 2 is 2.32 bits per heavy atom. The highest BCUT2D eigenvalue weighted by molar-refractivity contribution is 5.43. The van der Waals surface area contributed by atoms with Crippen molar-refractivity contribution < 1.29 is 0 Å². The molecule has 1 unspecified atom stereocenters. The highest BCUT2D eigenvalue weighted by Gasteiger charge is 2.19. The summed E-state index contributed by atoms with van der Waals surface area (Å²) in [5, 5.41) is 0. The number of unbranched alkanes of at least 4 members (excludes halogenated alkanes) is 1. The summed E-state index contributed by atoms with van der Waals surface area (Å²) in [6.07, 6.45) is 6.88. The number of aromatic nitrogens is 2. The lowest BCUT2D eigenvalue weighted by atomic mass is 10.0. The van der Waals surface area contributed by atoms with E-state index in [0.717, 1.165) is 37.3 Å². The van der Waals surface area contributed by atoms with Gasteiger partial charge in [0.15, 0.2) is 0 Å². The average molecular weight is 262 g/mol. The third-order valence-corrected chi connectivity index (χ3v) is 3.81. The van der Waals surface area contributed by atoms with Crippen LogP contribution in [-0.2, 0) is 0 Å². The van der Waals surface area contributed by atoms with Gasteiger partial charge in [0.05, 0.1) is 0 Å². The fourth-order valence-electron chi connectivity index (χ4n) is 2.59. The van der Waals surface area contributed by atoms with E-state index in [1.807, 2.05) is 12.3 Å². The molecule has 1 aromatic heterocycles. The Morgan fingerprint density at radius 3 is 3.05 bits per heavy atom. The Balaban J connectivity index is 2.05. The van der Waals surface area contributed by atoms with E-state index in [1.54, 1.807) is 0 Å². The molecule has 1 aliphatic rings. The molecule has 0 saturated carbocycles. The molecule has 1 aliphatic heterocycles. The van der Waals surface area contributed by atoms with Gasteiger partial charge in [-0.2, -0.15) is 4.98 Å². The molecule has 2 heterocycles. The minimum absolute atomic E-state index is 0.749. The largest absolute Gasteiger partial charge is 0.360 e. The van der Waals surface area contributed by atoms with Crippen molar-refractivity contribution in [2.75, 3.05) is 36.5 Å². The molecule has 0 spiro atoms. The van der Waals surface area contributed by atoms with Crippen LogP contribution < -0.4 is 9.80 Å². The van der Waals surface area contributed by atoms with Crippen LogP contribution in [0.25, 0.3) is 0 Å². The van der Waals surface area contributed by atoms with E-state index in [-0.39, 0.29) is 0 Å². The van der Waals surface area contributed by atoms with Gasteiger partial charge in [0, 0.05) is 32.9 Å². The minimum Gasteiger partial charge on any atom is -0.360 e. The van der Waals surface area contributed by atoms with E-state index in [2.05, 4.69) is 35.7 Å². The zero-order valence-corrected chi connectivity index (χ0v) is 12.5. The third-order valence-electron chi connectivity index (χ3n) is 3.81. The van der Waals surface area contributed by atoms with Crippen molar-refractivity contribution in [2.24, 2.45) is 5.92 Å².